The van der Waals surface area contributed by atoms with Crippen molar-refractivity contribution >= 4 is 29.7 Å². The van der Waals surface area contributed by atoms with Crippen LogP contribution in [0.25, 0.3) is 0 Å². The standard InChI is InChI=1S/C25H39N7O6/c1-14(2)20(23(36)31-19(24(37)38)13-15-7-9-16(33)10-8-15)32-22(35)18(6-4-12-29-25(26)27)30-21(34)17-5-3-11-28-17/h7-10,14,17-20,28,33H,3-6,11-13H2,1-2H3,(H,30,34)(H,31,36)(H,32,35)(H,37,38)(H4,26,27,29). The van der Waals surface area contributed by atoms with Gasteiger partial charge < -0.3 is 42.9 Å². The van der Waals surface area contributed by atoms with Gasteiger partial charge in [0.1, 0.15) is 23.9 Å². The lowest BCUT2D eigenvalue weighted by Crippen LogP contribution is -2.58. The average Bonchev–Trinajstić information content (AvgIpc) is 3.39. The third-order valence-corrected chi connectivity index (χ3v) is 6.19. The van der Waals surface area contributed by atoms with Crippen molar-refractivity contribution in [3.63, 3.8) is 0 Å². The van der Waals surface area contributed by atoms with E-state index in [0.717, 1.165) is 6.42 Å². The van der Waals surface area contributed by atoms with Crippen LogP contribution >= 0.6 is 0 Å². The Labute approximate surface area is 221 Å². The number of carbonyl (C=O) groups excluding carboxylic acids is 3. The number of carboxylic acid groups (broad SMARTS) is 1. The molecule has 0 radical (unpaired) electrons. The van der Waals surface area contributed by atoms with Gasteiger partial charge in [0.25, 0.3) is 0 Å². The van der Waals surface area contributed by atoms with E-state index in [1.54, 1.807) is 26.0 Å². The Kier molecular flexibility index (Phi) is 11.8. The van der Waals surface area contributed by atoms with Crippen molar-refractivity contribution in [1.82, 2.24) is 21.3 Å². The molecule has 0 bridgehead atoms. The quantitative estimate of drug-likeness (QED) is 0.0827. The zero-order valence-corrected chi connectivity index (χ0v) is 21.8. The van der Waals surface area contributed by atoms with Crippen molar-refractivity contribution in [2.45, 2.75) is 70.1 Å². The van der Waals surface area contributed by atoms with Crippen LogP contribution in [-0.2, 0) is 25.6 Å². The highest BCUT2D eigenvalue weighted by Crippen LogP contribution is 2.13. The van der Waals surface area contributed by atoms with Crippen molar-refractivity contribution in [2.24, 2.45) is 22.4 Å². The summed E-state index contributed by atoms with van der Waals surface area (Å²) in [6.45, 7) is 4.41. The lowest BCUT2D eigenvalue weighted by Gasteiger charge is -2.27. The Bertz CT molecular complexity index is 988. The Balaban J connectivity index is 2.10. The number of aromatic hydroxyl groups is 1. The Hall–Kier alpha value is -3.87. The highest BCUT2D eigenvalue weighted by Gasteiger charge is 2.32. The molecule has 0 spiro atoms. The number of nitrogens with one attached hydrogen (secondary N) is 4. The van der Waals surface area contributed by atoms with E-state index in [1.807, 2.05) is 0 Å². The first-order chi connectivity index (χ1) is 18.0. The zero-order chi connectivity index (χ0) is 28.2. The summed E-state index contributed by atoms with van der Waals surface area (Å²) in [5.41, 5.74) is 11.3. The summed E-state index contributed by atoms with van der Waals surface area (Å²) < 4.78 is 0. The fourth-order valence-corrected chi connectivity index (χ4v) is 4.07. The number of nitrogens with two attached hydrogens (primary N) is 2. The second-order valence-electron chi connectivity index (χ2n) is 9.66. The molecule has 0 saturated carbocycles. The molecule has 1 heterocycles. The molecule has 1 aliphatic rings. The van der Waals surface area contributed by atoms with Crippen molar-refractivity contribution < 1.29 is 29.4 Å². The summed E-state index contributed by atoms with van der Waals surface area (Å²) in [6, 6.07) is 2.33. The first-order valence-corrected chi connectivity index (χ1v) is 12.7. The number of guanidine groups is 1. The summed E-state index contributed by atoms with van der Waals surface area (Å²) >= 11 is 0. The predicted octanol–water partition coefficient (Wildman–Crippen LogP) is -1.06. The summed E-state index contributed by atoms with van der Waals surface area (Å²) in [5, 5.41) is 30.1. The number of benzene rings is 1. The smallest absolute Gasteiger partial charge is 0.326 e. The maximum absolute atomic E-state index is 13.2. The third-order valence-electron chi connectivity index (χ3n) is 6.19. The van der Waals surface area contributed by atoms with Gasteiger partial charge >= 0.3 is 5.97 Å². The van der Waals surface area contributed by atoms with Crippen LogP contribution in [-0.4, -0.2) is 77.1 Å². The second kappa shape index (κ2) is 14.8. The van der Waals surface area contributed by atoms with Crippen LogP contribution in [0.1, 0.15) is 45.1 Å². The molecule has 1 aliphatic heterocycles. The number of nitrogens with zero attached hydrogens (tertiary/aromatic N) is 1. The molecular formula is C25H39N7O6. The summed E-state index contributed by atoms with van der Waals surface area (Å²) in [7, 11) is 0. The highest BCUT2D eigenvalue weighted by molar-refractivity contribution is 5.94. The molecule has 210 valence electrons. The number of aliphatic imine (C=N–C) groups is 1. The van der Waals surface area contributed by atoms with E-state index in [9.17, 15) is 29.4 Å². The minimum Gasteiger partial charge on any atom is -0.508 e. The molecule has 0 aromatic heterocycles. The van der Waals surface area contributed by atoms with Crippen LogP contribution in [0.2, 0.25) is 0 Å². The molecule has 2 rings (SSSR count). The molecule has 4 unspecified atom stereocenters. The Morgan fingerprint density at radius 3 is 2.29 bits per heavy atom. The third kappa shape index (κ3) is 9.88. The maximum atomic E-state index is 13.2. The fourth-order valence-electron chi connectivity index (χ4n) is 4.07. The molecule has 1 aromatic rings. The van der Waals surface area contributed by atoms with Gasteiger partial charge in [0.05, 0.1) is 6.04 Å². The Morgan fingerprint density at radius 1 is 1.05 bits per heavy atom. The van der Waals surface area contributed by atoms with Crippen LogP contribution in [0.15, 0.2) is 29.3 Å². The number of amides is 3. The molecule has 3 amide bonds. The van der Waals surface area contributed by atoms with Gasteiger partial charge in [-0.2, -0.15) is 0 Å². The number of phenols is 1. The average molecular weight is 534 g/mol. The van der Waals surface area contributed by atoms with E-state index in [2.05, 4.69) is 26.3 Å². The lowest BCUT2D eigenvalue weighted by molar-refractivity contribution is -0.142. The van der Waals surface area contributed by atoms with E-state index in [0.29, 0.717) is 24.9 Å². The first-order valence-electron chi connectivity index (χ1n) is 12.7. The number of phenolic OH excluding ortho intramolecular Hbond substituents is 1. The molecule has 13 heteroatoms. The van der Waals surface area contributed by atoms with Crippen molar-refractivity contribution in [3.05, 3.63) is 29.8 Å². The number of hydrogen-bond donors (Lipinski definition) is 8. The highest BCUT2D eigenvalue weighted by atomic mass is 16.4. The van der Waals surface area contributed by atoms with Crippen LogP contribution < -0.4 is 32.7 Å². The van der Waals surface area contributed by atoms with Gasteiger partial charge in [-0.25, -0.2) is 4.79 Å². The van der Waals surface area contributed by atoms with Crippen molar-refractivity contribution in [3.8, 4) is 5.75 Å². The van der Waals surface area contributed by atoms with Crippen LogP contribution in [0.4, 0.5) is 0 Å². The SMILES string of the molecule is CC(C)C(NC(=O)C(CCCN=C(N)N)NC(=O)C1CCCN1)C(=O)NC(Cc1ccc(O)cc1)C(=O)O. The lowest BCUT2D eigenvalue weighted by atomic mass is 10.00. The molecule has 1 aromatic carbocycles. The minimum atomic E-state index is -1.26. The second-order valence-corrected chi connectivity index (χ2v) is 9.66. The number of hydrogen-bond acceptors (Lipinski definition) is 7. The van der Waals surface area contributed by atoms with E-state index in [4.69, 9.17) is 11.5 Å². The maximum Gasteiger partial charge on any atom is 0.326 e. The topological polar surface area (TPSA) is 221 Å². The van der Waals surface area contributed by atoms with E-state index in [-0.39, 0.29) is 42.9 Å². The van der Waals surface area contributed by atoms with E-state index >= 15 is 0 Å². The zero-order valence-electron chi connectivity index (χ0n) is 21.8. The number of carbonyl (C=O) groups is 4. The van der Waals surface area contributed by atoms with E-state index in [1.165, 1.54) is 12.1 Å². The summed E-state index contributed by atoms with van der Waals surface area (Å²) in [4.78, 5) is 54.8. The van der Waals surface area contributed by atoms with Crippen molar-refractivity contribution in [2.75, 3.05) is 13.1 Å². The van der Waals surface area contributed by atoms with Gasteiger partial charge in [-0.05, 0) is 55.8 Å². The molecule has 1 saturated heterocycles. The van der Waals surface area contributed by atoms with Crippen molar-refractivity contribution in [1.29, 1.82) is 0 Å². The molecule has 10 N–H and O–H groups in total. The van der Waals surface area contributed by atoms with E-state index < -0.39 is 42.0 Å². The molecule has 13 nitrogen and oxygen atoms in total. The fraction of sp³-hybridized carbons (Fsp3) is 0.560. The summed E-state index contributed by atoms with van der Waals surface area (Å²) in [6.07, 6.45) is 2.12. The first kappa shape index (κ1) is 30.4. The molecule has 1 fully saturated rings. The number of rotatable bonds is 14. The van der Waals surface area contributed by atoms with Gasteiger partial charge in [0.15, 0.2) is 5.96 Å². The van der Waals surface area contributed by atoms with Crippen LogP contribution in [0, 0.1) is 5.92 Å². The summed E-state index contributed by atoms with van der Waals surface area (Å²) in [5.74, 6) is -3.21. The van der Waals surface area contributed by atoms with Gasteiger partial charge in [-0.1, -0.05) is 26.0 Å². The Morgan fingerprint density at radius 2 is 1.74 bits per heavy atom. The molecular weight excluding hydrogens is 494 g/mol. The number of carboxylic acids is 1. The normalized spacial score (nSPS) is 17.2. The molecule has 38 heavy (non-hydrogen) atoms. The molecule has 4 atom stereocenters. The number of aliphatic carboxylic acids is 1. The van der Waals surface area contributed by atoms with Gasteiger partial charge in [-0.15, -0.1) is 0 Å². The van der Waals surface area contributed by atoms with Gasteiger partial charge in [0.2, 0.25) is 17.7 Å². The van der Waals surface area contributed by atoms with Gasteiger partial charge in [0, 0.05) is 13.0 Å². The minimum absolute atomic E-state index is 0.0159. The largest absolute Gasteiger partial charge is 0.508 e. The predicted molar refractivity (Wildman–Crippen MR) is 141 cm³/mol. The van der Waals surface area contributed by atoms with Crippen LogP contribution in [0.3, 0.4) is 0 Å². The monoisotopic (exact) mass is 533 g/mol. The van der Waals surface area contributed by atoms with Crippen LogP contribution in [0.5, 0.6) is 5.75 Å². The molecule has 0 aliphatic carbocycles. The van der Waals surface area contributed by atoms with Gasteiger partial charge in [-0.3, -0.25) is 19.4 Å².